The summed E-state index contributed by atoms with van der Waals surface area (Å²) in [5.74, 6) is 1.49. The average molecular weight is 473 g/mol. The molecule has 7 heteroatoms. The van der Waals surface area contributed by atoms with E-state index in [0.29, 0.717) is 18.0 Å². The van der Waals surface area contributed by atoms with Gasteiger partial charge in [0.1, 0.15) is 11.5 Å². The molecule has 0 bridgehead atoms. The minimum atomic E-state index is -0.700. The van der Waals surface area contributed by atoms with Gasteiger partial charge in [0.15, 0.2) is 0 Å². The molecular formula is C26H26ClN2NaO3. The zero-order valence-corrected chi connectivity index (χ0v) is 21.2. The van der Waals surface area contributed by atoms with E-state index < -0.39 is 6.10 Å². The van der Waals surface area contributed by atoms with Crippen LogP contribution in [0.1, 0.15) is 18.7 Å². The molecule has 0 saturated carbocycles. The molecule has 2 atom stereocenters. The van der Waals surface area contributed by atoms with Crippen LogP contribution in [-0.2, 0) is 6.42 Å². The minimum absolute atomic E-state index is 0. The predicted octanol–water partition coefficient (Wildman–Crippen LogP) is 2.02. The summed E-state index contributed by atoms with van der Waals surface area (Å²) < 4.78 is 6.07. The second kappa shape index (κ2) is 12.5. The first-order valence-corrected chi connectivity index (χ1v) is 10.9. The maximum Gasteiger partial charge on any atom is 1.00 e. The number of aromatic nitrogens is 1. The average Bonchev–Trinajstić information content (AvgIpc) is 2.83. The molecule has 0 amide bonds. The maximum absolute atomic E-state index is 10.4. The molecule has 3 aromatic carbocycles. The normalized spacial score (nSPS) is 12.7. The van der Waals surface area contributed by atoms with Crippen LogP contribution in [0.3, 0.4) is 0 Å². The summed E-state index contributed by atoms with van der Waals surface area (Å²) in [6.07, 6.45) is 1.66. The number of rotatable bonds is 9. The van der Waals surface area contributed by atoms with Gasteiger partial charge in [0.25, 0.3) is 0 Å². The Morgan fingerprint density at radius 3 is 2.55 bits per heavy atom. The van der Waals surface area contributed by atoms with E-state index in [1.807, 2.05) is 66.7 Å². The van der Waals surface area contributed by atoms with E-state index in [9.17, 15) is 10.2 Å². The maximum atomic E-state index is 10.4. The van der Waals surface area contributed by atoms with Gasteiger partial charge in [-0.3, -0.25) is 4.98 Å². The third-order valence-corrected chi connectivity index (χ3v) is 5.53. The molecule has 0 saturated heterocycles. The van der Waals surface area contributed by atoms with Crippen molar-refractivity contribution in [3.8, 4) is 11.5 Å². The standard InChI is InChI=1S/C26H25ClN2O3.Na.H/c27-20-5-3-4-19(15-20)25(31)16-29-21(17-30)14-18-8-10-22(11-9-18)32-26-12-13-28-24-7-2-1-6-23(24)26;;/h1-13,15,21,25,29-31H,14,16-17H2;;/q;+1;-1/t21-,25+;;/m0../s1. The van der Waals surface area contributed by atoms with E-state index >= 15 is 0 Å². The van der Waals surface area contributed by atoms with Crippen molar-refractivity contribution in [2.75, 3.05) is 13.2 Å². The van der Waals surface area contributed by atoms with Crippen molar-refractivity contribution >= 4 is 22.5 Å². The van der Waals surface area contributed by atoms with Gasteiger partial charge in [-0.1, -0.05) is 48.0 Å². The fourth-order valence-corrected chi connectivity index (χ4v) is 3.77. The van der Waals surface area contributed by atoms with Crippen LogP contribution in [0.4, 0.5) is 0 Å². The van der Waals surface area contributed by atoms with E-state index in [0.717, 1.165) is 33.5 Å². The molecule has 4 aromatic rings. The van der Waals surface area contributed by atoms with Crippen LogP contribution in [0.25, 0.3) is 10.9 Å². The van der Waals surface area contributed by atoms with E-state index in [-0.39, 0.29) is 43.6 Å². The molecule has 0 aliphatic carbocycles. The van der Waals surface area contributed by atoms with Crippen molar-refractivity contribution in [3.05, 3.63) is 101 Å². The van der Waals surface area contributed by atoms with Crippen LogP contribution in [-0.4, -0.2) is 34.4 Å². The second-order valence-corrected chi connectivity index (χ2v) is 8.07. The van der Waals surface area contributed by atoms with Crippen molar-refractivity contribution in [2.24, 2.45) is 0 Å². The van der Waals surface area contributed by atoms with Crippen LogP contribution < -0.4 is 39.6 Å². The molecule has 33 heavy (non-hydrogen) atoms. The number of aliphatic hydroxyl groups is 2. The molecule has 1 heterocycles. The molecular weight excluding hydrogens is 447 g/mol. The number of fused-ring (bicyclic) bond motifs is 1. The van der Waals surface area contributed by atoms with Crippen LogP contribution in [0.15, 0.2) is 85.1 Å². The summed E-state index contributed by atoms with van der Waals surface area (Å²) in [6.45, 7) is 0.283. The minimum Gasteiger partial charge on any atom is -1.00 e. The Morgan fingerprint density at radius 2 is 1.79 bits per heavy atom. The fourth-order valence-electron chi connectivity index (χ4n) is 3.57. The molecule has 1 aromatic heterocycles. The summed E-state index contributed by atoms with van der Waals surface area (Å²) in [4.78, 5) is 4.36. The molecule has 166 valence electrons. The Labute approximate surface area is 222 Å². The number of nitrogens with zero attached hydrogens (tertiary/aromatic N) is 1. The van der Waals surface area contributed by atoms with Gasteiger partial charge in [-0.2, -0.15) is 0 Å². The molecule has 4 rings (SSSR count). The van der Waals surface area contributed by atoms with Crippen molar-refractivity contribution in [1.29, 1.82) is 0 Å². The number of benzene rings is 3. The molecule has 0 spiro atoms. The Bertz CT molecular complexity index is 1170. The number of pyridine rings is 1. The van der Waals surface area contributed by atoms with Gasteiger partial charge in [0, 0.05) is 29.2 Å². The number of hydrogen-bond donors (Lipinski definition) is 3. The summed E-state index contributed by atoms with van der Waals surface area (Å²) in [5, 5.41) is 24.9. The van der Waals surface area contributed by atoms with Gasteiger partial charge in [-0.25, -0.2) is 0 Å². The number of para-hydroxylation sites is 1. The largest absolute Gasteiger partial charge is 1.00 e. The fraction of sp³-hybridized carbons (Fsp3) is 0.192. The summed E-state index contributed by atoms with van der Waals surface area (Å²) in [6, 6.07) is 24.5. The molecule has 0 radical (unpaired) electrons. The Balaban J connectivity index is 0.00000204. The van der Waals surface area contributed by atoms with Crippen LogP contribution in [0.2, 0.25) is 5.02 Å². The van der Waals surface area contributed by atoms with E-state index in [1.54, 1.807) is 18.3 Å². The summed E-state index contributed by atoms with van der Waals surface area (Å²) >= 11 is 5.99. The van der Waals surface area contributed by atoms with Gasteiger partial charge in [0.05, 0.1) is 18.2 Å². The van der Waals surface area contributed by atoms with Gasteiger partial charge < -0.3 is 21.7 Å². The van der Waals surface area contributed by atoms with Crippen molar-refractivity contribution in [3.63, 3.8) is 0 Å². The number of halogens is 1. The predicted molar refractivity (Wildman–Crippen MR) is 128 cm³/mol. The first-order chi connectivity index (χ1) is 15.6. The van der Waals surface area contributed by atoms with Gasteiger partial charge >= 0.3 is 29.6 Å². The van der Waals surface area contributed by atoms with E-state index in [1.165, 1.54) is 0 Å². The number of hydrogen-bond acceptors (Lipinski definition) is 5. The van der Waals surface area contributed by atoms with Gasteiger partial charge in [-0.15, -0.1) is 0 Å². The van der Waals surface area contributed by atoms with Crippen LogP contribution in [0, 0.1) is 0 Å². The number of nitrogens with one attached hydrogen (secondary N) is 1. The zero-order valence-electron chi connectivity index (χ0n) is 19.5. The smallest absolute Gasteiger partial charge is 1.00 e. The monoisotopic (exact) mass is 472 g/mol. The third-order valence-electron chi connectivity index (χ3n) is 5.30. The van der Waals surface area contributed by atoms with Crippen LogP contribution in [0.5, 0.6) is 11.5 Å². The van der Waals surface area contributed by atoms with Crippen molar-refractivity contribution in [2.45, 2.75) is 18.6 Å². The molecule has 0 aliphatic heterocycles. The van der Waals surface area contributed by atoms with E-state index in [4.69, 9.17) is 16.3 Å². The Morgan fingerprint density at radius 1 is 1.00 bits per heavy atom. The Kier molecular flexibility index (Phi) is 9.71. The zero-order chi connectivity index (χ0) is 22.3. The van der Waals surface area contributed by atoms with Gasteiger partial charge in [-0.05, 0) is 60.0 Å². The Hall–Kier alpha value is -1.96. The quantitative estimate of drug-likeness (QED) is 0.325. The molecule has 0 unspecified atom stereocenters. The number of aliphatic hydroxyl groups excluding tert-OH is 2. The van der Waals surface area contributed by atoms with Crippen LogP contribution >= 0.6 is 11.6 Å². The third kappa shape index (κ3) is 7.01. The van der Waals surface area contributed by atoms with Crippen molar-refractivity contribution in [1.82, 2.24) is 10.3 Å². The number of ether oxygens (including phenoxy) is 1. The second-order valence-electron chi connectivity index (χ2n) is 7.63. The van der Waals surface area contributed by atoms with E-state index in [2.05, 4.69) is 10.3 Å². The molecule has 0 fully saturated rings. The molecule has 3 N–H and O–H groups in total. The first-order valence-electron chi connectivity index (χ1n) is 10.5. The van der Waals surface area contributed by atoms with Gasteiger partial charge in [0.2, 0.25) is 0 Å². The summed E-state index contributed by atoms with van der Waals surface area (Å²) in [5.41, 5.74) is 2.69. The molecule has 0 aliphatic rings. The topological polar surface area (TPSA) is 74.6 Å². The van der Waals surface area contributed by atoms with Crippen molar-refractivity contribution < 1.29 is 45.9 Å². The SMILES string of the molecule is OC[C@H](Cc1ccc(Oc2ccnc3ccccc23)cc1)NC[C@@H](O)c1cccc(Cl)c1.[H-].[Na+]. The first kappa shape index (κ1) is 25.7. The summed E-state index contributed by atoms with van der Waals surface area (Å²) in [7, 11) is 0. The molecule has 5 nitrogen and oxygen atoms in total.